The van der Waals surface area contributed by atoms with Crippen LogP contribution in [0.25, 0.3) is 0 Å². The molecule has 0 bridgehead atoms. The Morgan fingerprint density at radius 3 is 1.21 bits per heavy atom. The molecule has 9 nitrogen and oxygen atoms in total. The van der Waals surface area contributed by atoms with E-state index in [1.807, 2.05) is 21.1 Å². The summed E-state index contributed by atoms with van der Waals surface area (Å²) in [5.41, 5.74) is 0. The van der Waals surface area contributed by atoms with Crippen molar-refractivity contribution in [3.8, 4) is 0 Å². The Morgan fingerprint density at radius 1 is 0.492 bits per heavy atom. The number of unbranched alkanes of at least 4 members (excludes halogenated alkanes) is 32. The second kappa shape index (κ2) is 44.0. The molecule has 2 atom stereocenters. The van der Waals surface area contributed by atoms with Crippen molar-refractivity contribution in [3.63, 3.8) is 0 Å². The Bertz CT molecular complexity index is 1050. The molecule has 362 valence electrons. The van der Waals surface area contributed by atoms with Crippen molar-refractivity contribution in [2.75, 3.05) is 47.5 Å². The lowest BCUT2D eigenvalue weighted by atomic mass is 10.0. The molecule has 0 heterocycles. The van der Waals surface area contributed by atoms with Gasteiger partial charge in [0, 0.05) is 12.8 Å². The summed E-state index contributed by atoms with van der Waals surface area (Å²) in [6.07, 6.45) is 48.4. The maximum Gasteiger partial charge on any atom is 0.472 e. The van der Waals surface area contributed by atoms with Crippen LogP contribution in [0.5, 0.6) is 0 Å². The lowest BCUT2D eigenvalue weighted by molar-refractivity contribution is -0.870. The van der Waals surface area contributed by atoms with E-state index >= 15 is 0 Å². The standard InChI is InChI=1S/C51H100NO8P/c1-6-8-10-12-14-16-18-20-22-23-24-25-26-27-28-29-30-32-34-36-38-40-42-44-51(54)60-49(48-59-61(55,56)58-46-45-52(3,4)5)47-57-50(53)43-41-39-37-35-33-31-21-19-17-15-13-11-9-7-2/h19,21,49H,6-18,20,22-48H2,1-5H3/p+1/b21-19+/t49-/m1/s1. The smallest absolute Gasteiger partial charge is 0.462 e. The average molecular weight is 887 g/mol. The number of carbonyl (C=O) groups excluding carboxylic acids is 2. The maximum absolute atomic E-state index is 12.8. The number of ether oxygens (including phenoxy) is 2. The van der Waals surface area contributed by atoms with Crippen molar-refractivity contribution in [3.05, 3.63) is 12.2 Å². The third-order valence-corrected chi connectivity index (χ3v) is 12.5. The molecule has 0 aromatic heterocycles. The van der Waals surface area contributed by atoms with Crippen LogP contribution < -0.4 is 0 Å². The monoisotopic (exact) mass is 887 g/mol. The Hall–Kier alpha value is -1.25. The zero-order valence-electron chi connectivity index (χ0n) is 40.9. The molecule has 0 aliphatic rings. The molecule has 0 amide bonds. The van der Waals surface area contributed by atoms with Crippen LogP contribution in [0.4, 0.5) is 0 Å². The van der Waals surface area contributed by atoms with E-state index in [1.165, 1.54) is 167 Å². The van der Waals surface area contributed by atoms with Crippen molar-refractivity contribution in [1.82, 2.24) is 0 Å². The highest BCUT2D eigenvalue weighted by molar-refractivity contribution is 7.47. The first-order chi connectivity index (χ1) is 29.5. The van der Waals surface area contributed by atoms with Gasteiger partial charge in [-0.05, 0) is 38.5 Å². The van der Waals surface area contributed by atoms with E-state index in [2.05, 4.69) is 26.0 Å². The molecule has 0 saturated heterocycles. The largest absolute Gasteiger partial charge is 0.472 e. The highest BCUT2D eigenvalue weighted by Crippen LogP contribution is 2.43. The zero-order valence-corrected chi connectivity index (χ0v) is 41.8. The molecule has 0 spiro atoms. The number of carbonyl (C=O) groups is 2. The van der Waals surface area contributed by atoms with Crippen LogP contribution in [0.1, 0.15) is 251 Å². The Morgan fingerprint density at radius 2 is 0.836 bits per heavy atom. The van der Waals surface area contributed by atoms with Crippen LogP contribution in [-0.2, 0) is 32.7 Å². The summed E-state index contributed by atoms with van der Waals surface area (Å²) in [5, 5.41) is 0. The topological polar surface area (TPSA) is 108 Å². The Kier molecular flexibility index (Phi) is 43.1. The molecule has 1 N–H and O–H groups in total. The van der Waals surface area contributed by atoms with Crippen molar-refractivity contribution in [1.29, 1.82) is 0 Å². The minimum absolute atomic E-state index is 0.0339. The van der Waals surface area contributed by atoms with E-state index in [0.717, 1.165) is 51.4 Å². The molecule has 0 aromatic carbocycles. The van der Waals surface area contributed by atoms with Gasteiger partial charge in [0.2, 0.25) is 0 Å². The minimum atomic E-state index is -4.38. The molecule has 0 radical (unpaired) electrons. The normalized spacial score (nSPS) is 13.5. The van der Waals surface area contributed by atoms with Gasteiger partial charge >= 0.3 is 19.8 Å². The molecular weight excluding hydrogens is 786 g/mol. The third-order valence-electron chi connectivity index (χ3n) is 11.5. The predicted molar refractivity (Wildman–Crippen MR) is 257 cm³/mol. The van der Waals surface area contributed by atoms with E-state index in [1.54, 1.807) is 0 Å². The highest BCUT2D eigenvalue weighted by Gasteiger charge is 2.27. The van der Waals surface area contributed by atoms with Gasteiger partial charge in [0.15, 0.2) is 6.10 Å². The van der Waals surface area contributed by atoms with Crippen LogP contribution in [0.15, 0.2) is 12.2 Å². The van der Waals surface area contributed by atoms with Gasteiger partial charge in [-0.15, -0.1) is 0 Å². The summed E-state index contributed by atoms with van der Waals surface area (Å²) in [6, 6.07) is 0. The molecule has 1 unspecified atom stereocenters. The van der Waals surface area contributed by atoms with Gasteiger partial charge in [-0.1, -0.05) is 212 Å². The Labute approximate surface area is 377 Å². The first-order valence-electron chi connectivity index (χ1n) is 25.9. The summed E-state index contributed by atoms with van der Waals surface area (Å²) in [5.74, 6) is -0.794. The summed E-state index contributed by atoms with van der Waals surface area (Å²) in [6.45, 7) is 4.45. The summed E-state index contributed by atoms with van der Waals surface area (Å²) >= 11 is 0. The first kappa shape index (κ1) is 59.8. The van der Waals surface area contributed by atoms with E-state index in [4.69, 9.17) is 18.5 Å². The van der Waals surface area contributed by atoms with E-state index in [-0.39, 0.29) is 32.0 Å². The van der Waals surface area contributed by atoms with E-state index < -0.39 is 26.5 Å². The number of hydrogen-bond acceptors (Lipinski definition) is 7. The van der Waals surface area contributed by atoms with Crippen molar-refractivity contribution in [2.24, 2.45) is 0 Å². The molecule has 0 saturated carbocycles. The summed E-state index contributed by atoms with van der Waals surface area (Å²) < 4.78 is 34.4. The number of phosphoric acid groups is 1. The van der Waals surface area contributed by atoms with Crippen LogP contribution in [0.2, 0.25) is 0 Å². The maximum atomic E-state index is 12.8. The van der Waals surface area contributed by atoms with E-state index in [0.29, 0.717) is 17.4 Å². The van der Waals surface area contributed by atoms with Crippen LogP contribution in [-0.4, -0.2) is 74.9 Å². The van der Waals surface area contributed by atoms with Gasteiger partial charge < -0.3 is 18.9 Å². The number of hydrogen-bond donors (Lipinski definition) is 1. The van der Waals surface area contributed by atoms with E-state index in [9.17, 15) is 19.0 Å². The predicted octanol–water partition coefficient (Wildman–Crippen LogP) is 15.3. The molecule has 10 heteroatoms. The van der Waals surface area contributed by atoms with Gasteiger partial charge in [0.1, 0.15) is 19.8 Å². The first-order valence-corrected chi connectivity index (χ1v) is 27.4. The number of phosphoric ester groups is 1. The minimum Gasteiger partial charge on any atom is -0.462 e. The second-order valence-corrected chi connectivity index (χ2v) is 20.4. The lowest BCUT2D eigenvalue weighted by Gasteiger charge is -2.24. The number of likely N-dealkylation sites (N-methyl/N-ethyl adjacent to an activating group) is 1. The fraction of sp³-hybridized carbons (Fsp3) is 0.922. The van der Waals surface area contributed by atoms with Gasteiger partial charge in [-0.3, -0.25) is 18.6 Å². The molecule has 0 aromatic rings. The Balaban J connectivity index is 4.17. The summed E-state index contributed by atoms with van der Waals surface area (Å²) in [4.78, 5) is 35.5. The van der Waals surface area contributed by atoms with Gasteiger partial charge in [0.25, 0.3) is 0 Å². The van der Waals surface area contributed by atoms with Crippen molar-refractivity contribution < 1.29 is 42.1 Å². The molecule has 61 heavy (non-hydrogen) atoms. The molecule has 0 aliphatic heterocycles. The lowest BCUT2D eigenvalue weighted by Crippen LogP contribution is -2.37. The average Bonchev–Trinajstić information content (AvgIpc) is 3.21. The molecule has 0 fully saturated rings. The zero-order chi connectivity index (χ0) is 45.0. The fourth-order valence-corrected chi connectivity index (χ4v) is 8.22. The van der Waals surface area contributed by atoms with Crippen molar-refractivity contribution in [2.45, 2.75) is 258 Å². The summed E-state index contributed by atoms with van der Waals surface area (Å²) in [7, 11) is 1.49. The fourth-order valence-electron chi connectivity index (χ4n) is 7.48. The SMILES string of the molecule is CCCCCCC/C=C/CCCCCCCC(=O)OC[C@H](COP(=O)(O)OCC[N+](C)(C)C)OC(=O)CCCCCCCCCCCCCCCCCCCCCCCCC. The van der Waals surface area contributed by atoms with Gasteiger partial charge in [-0.2, -0.15) is 0 Å². The molecule has 0 aliphatic carbocycles. The highest BCUT2D eigenvalue weighted by atomic mass is 31.2. The van der Waals surface area contributed by atoms with Crippen molar-refractivity contribution >= 4 is 19.8 Å². The number of quaternary nitrogens is 1. The van der Waals surface area contributed by atoms with Crippen LogP contribution in [0.3, 0.4) is 0 Å². The number of allylic oxidation sites excluding steroid dienone is 2. The van der Waals surface area contributed by atoms with Crippen LogP contribution >= 0.6 is 7.82 Å². The van der Waals surface area contributed by atoms with Gasteiger partial charge in [0.05, 0.1) is 27.7 Å². The number of rotatable bonds is 48. The third kappa shape index (κ3) is 48.1. The number of esters is 2. The second-order valence-electron chi connectivity index (χ2n) is 18.9. The van der Waals surface area contributed by atoms with Gasteiger partial charge in [-0.25, -0.2) is 4.57 Å². The molecular formula is C51H101NO8P+. The van der Waals surface area contributed by atoms with Crippen LogP contribution in [0, 0.1) is 0 Å². The quantitative estimate of drug-likeness (QED) is 0.0212. The molecule has 0 rings (SSSR count). The number of nitrogens with zero attached hydrogens (tertiary/aromatic N) is 1.